The maximum Gasteiger partial charge on any atom is 0.126 e. The fraction of sp³-hybridized carbons (Fsp3) is 0.308. The molecule has 7 nitrogen and oxygen atoms in total. The van der Waals surface area contributed by atoms with Crippen molar-refractivity contribution >= 4 is 5.82 Å². The third-order valence-electron chi connectivity index (χ3n) is 3.24. The van der Waals surface area contributed by atoms with Gasteiger partial charge in [-0.25, -0.2) is 5.43 Å². The number of hydrazine groups is 1. The Labute approximate surface area is 117 Å². The molecule has 0 aliphatic rings. The number of methoxy groups -OCH3 is 2. The Bertz CT molecular complexity index is 596. The van der Waals surface area contributed by atoms with E-state index in [1.54, 1.807) is 32.1 Å². The summed E-state index contributed by atoms with van der Waals surface area (Å²) in [5.74, 6) is 7.63. The Morgan fingerprint density at radius 3 is 2.50 bits per heavy atom. The minimum absolute atomic E-state index is 0.339. The van der Waals surface area contributed by atoms with Crippen molar-refractivity contribution in [3.8, 4) is 11.5 Å². The van der Waals surface area contributed by atoms with Crippen LogP contribution in [0.4, 0.5) is 5.82 Å². The highest BCUT2D eigenvalue weighted by Gasteiger charge is 2.22. The second-order valence-corrected chi connectivity index (χ2v) is 4.32. The second kappa shape index (κ2) is 5.81. The minimum Gasteiger partial charge on any atom is -0.497 e. The molecule has 2 aromatic rings. The zero-order chi connectivity index (χ0) is 14.7. The Kier molecular flexibility index (Phi) is 4.11. The van der Waals surface area contributed by atoms with Gasteiger partial charge in [0.1, 0.15) is 17.3 Å². The van der Waals surface area contributed by atoms with Crippen LogP contribution in [0.15, 0.2) is 24.4 Å². The van der Waals surface area contributed by atoms with Crippen LogP contribution in [0, 0.1) is 0 Å². The van der Waals surface area contributed by atoms with Gasteiger partial charge in [0, 0.05) is 18.2 Å². The Balaban J connectivity index is 2.53. The quantitative estimate of drug-likeness (QED) is 0.546. The Morgan fingerprint density at radius 2 is 2.00 bits per heavy atom. The lowest BCUT2D eigenvalue weighted by molar-refractivity contribution is 0.394. The van der Waals surface area contributed by atoms with E-state index in [2.05, 4.69) is 10.5 Å². The molecule has 1 aromatic carbocycles. The molecule has 0 bridgehead atoms. The van der Waals surface area contributed by atoms with E-state index in [0.29, 0.717) is 17.3 Å². The lowest BCUT2D eigenvalue weighted by atomic mass is 10.00. The number of nitrogens with two attached hydrogens (primary N) is 2. The van der Waals surface area contributed by atoms with Crippen molar-refractivity contribution in [2.75, 3.05) is 20.0 Å². The van der Waals surface area contributed by atoms with Gasteiger partial charge in [-0.05, 0) is 18.2 Å². The zero-order valence-corrected chi connectivity index (χ0v) is 11.8. The fourth-order valence-electron chi connectivity index (χ4n) is 2.10. The van der Waals surface area contributed by atoms with Gasteiger partial charge in [-0.15, -0.1) is 0 Å². The van der Waals surface area contributed by atoms with Crippen molar-refractivity contribution < 1.29 is 9.47 Å². The van der Waals surface area contributed by atoms with Crippen LogP contribution in [-0.2, 0) is 7.05 Å². The molecule has 0 aliphatic heterocycles. The van der Waals surface area contributed by atoms with Gasteiger partial charge in [0.15, 0.2) is 0 Å². The van der Waals surface area contributed by atoms with Gasteiger partial charge < -0.3 is 15.2 Å². The van der Waals surface area contributed by atoms with Crippen LogP contribution in [0.1, 0.15) is 17.2 Å². The maximum absolute atomic E-state index is 6.01. The molecule has 108 valence electrons. The first-order valence-corrected chi connectivity index (χ1v) is 6.07. The molecule has 0 saturated carbocycles. The highest BCUT2D eigenvalue weighted by atomic mass is 16.5. The Morgan fingerprint density at radius 1 is 1.25 bits per heavy atom. The van der Waals surface area contributed by atoms with E-state index in [0.717, 1.165) is 11.1 Å². The van der Waals surface area contributed by atoms with Gasteiger partial charge in [-0.3, -0.25) is 10.5 Å². The molecule has 0 radical (unpaired) electrons. The average Bonchev–Trinajstić information content (AvgIpc) is 2.80. The normalized spacial score (nSPS) is 12.2. The summed E-state index contributed by atoms with van der Waals surface area (Å²) < 4.78 is 12.2. The summed E-state index contributed by atoms with van der Waals surface area (Å²) in [4.78, 5) is 0. The standard InChI is InChI=1S/C13H19N5O2/c1-18-13(14)10(7-16-18)12(17-15)9-6-8(19-2)4-5-11(9)20-3/h4-7,12,17H,14-15H2,1-3H3. The van der Waals surface area contributed by atoms with Gasteiger partial charge in [0.05, 0.1) is 26.5 Å². The predicted molar refractivity (Wildman–Crippen MR) is 76.3 cm³/mol. The number of nitrogens with zero attached hydrogens (tertiary/aromatic N) is 2. The molecule has 1 atom stereocenters. The molecule has 1 unspecified atom stereocenters. The smallest absolute Gasteiger partial charge is 0.126 e. The summed E-state index contributed by atoms with van der Waals surface area (Å²) in [6.07, 6.45) is 1.68. The maximum atomic E-state index is 6.01. The third kappa shape index (κ3) is 2.40. The van der Waals surface area contributed by atoms with Crippen molar-refractivity contribution in [1.29, 1.82) is 0 Å². The van der Waals surface area contributed by atoms with E-state index in [9.17, 15) is 0 Å². The van der Waals surface area contributed by atoms with E-state index in [1.807, 2.05) is 18.2 Å². The van der Waals surface area contributed by atoms with E-state index in [1.165, 1.54) is 0 Å². The van der Waals surface area contributed by atoms with E-state index < -0.39 is 0 Å². The largest absolute Gasteiger partial charge is 0.497 e. The zero-order valence-electron chi connectivity index (χ0n) is 11.8. The first-order chi connectivity index (χ1) is 9.62. The first-order valence-electron chi connectivity index (χ1n) is 6.07. The van der Waals surface area contributed by atoms with Crippen LogP contribution >= 0.6 is 0 Å². The number of benzene rings is 1. The fourth-order valence-corrected chi connectivity index (χ4v) is 2.10. The van der Waals surface area contributed by atoms with Gasteiger partial charge in [0.2, 0.25) is 0 Å². The van der Waals surface area contributed by atoms with Crippen LogP contribution in [0.2, 0.25) is 0 Å². The number of ether oxygens (including phenoxy) is 2. The number of nitrogen functional groups attached to an aromatic ring is 1. The van der Waals surface area contributed by atoms with Crippen molar-refractivity contribution in [2.45, 2.75) is 6.04 Å². The molecule has 1 aromatic heterocycles. The van der Waals surface area contributed by atoms with Crippen molar-refractivity contribution in [2.24, 2.45) is 12.9 Å². The number of anilines is 1. The van der Waals surface area contributed by atoms with Gasteiger partial charge >= 0.3 is 0 Å². The molecule has 20 heavy (non-hydrogen) atoms. The number of rotatable bonds is 5. The molecule has 5 N–H and O–H groups in total. The van der Waals surface area contributed by atoms with Crippen LogP contribution in [0.3, 0.4) is 0 Å². The molecule has 0 saturated heterocycles. The minimum atomic E-state index is -0.339. The van der Waals surface area contributed by atoms with E-state index in [4.69, 9.17) is 21.1 Å². The topological polar surface area (TPSA) is 100 Å². The monoisotopic (exact) mass is 277 g/mol. The highest BCUT2D eigenvalue weighted by molar-refractivity contribution is 5.51. The molecule has 2 rings (SSSR count). The third-order valence-corrected chi connectivity index (χ3v) is 3.24. The summed E-state index contributed by atoms with van der Waals surface area (Å²) in [6, 6.07) is 5.16. The molecule has 0 spiro atoms. The van der Waals surface area contributed by atoms with Gasteiger partial charge in [-0.2, -0.15) is 5.10 Å². The molecule has 0 amide bonds. The van der Waals surface area contributed by atoms with Gasteiger partial charge in [0.25, 0.3) is 0 Å². The van der Waals surface area contributed by atoms with Crippen molar-refractivity contribution in [1.82, 2.24) is 15.2 Å². The highest BCUT2D eigenvalue weighted by Crippen LogP contribution is 2.34. The summed E-state index contributed by atoms with van der Waals surface area (Å²) >= 11 is 0. The molecule has 0 fully saturated rings. The molecule has 0 aliphatic carbocycles. The summed E-state index contributed by atoms with van der Waals surface area (Å²) in [7, 11) is 4.98. The number of hydrogen-bond acceptors (Lipinski definition) is 6. The molecular weight excluding hydrogens is 258 g/mol. The van der Waals surface area contributed by atoms with Crippen LogP contribution in [0.5, 0.6) is 11.5 Å². The lowest BCUT2D eigenvalue weighted by Gasteiger charge is -2.19. The molecular formula is C13H19N5O2. The number of aromatic nitrogens is 2. The first kappa shape index (κ1) is 14.2. The van der Waals surface area contributed by atoms with E-state index >= 15 is 0 Å². The molecule has 1 heterocycles. The summed E-state index contributed by atoms with van der Waals surface area (Å²) in [5.41, 5.74) is 10.4. The van der Waals surface area contributed by atoms with Crippen LogP contribution in [-0.4, -0.2) is 24.0 Å². The number of aryl methyl sites for hydroxylation is 1. The number of hydrogen-bond donors (Lipinski definition) is 3. The summed E-state index contributed by atoms with van der Waals surface area (Å²) in [6.45, 7) is 0. The van der Waals surface area contributed by atoms with Crippen molar-refractivity contribution in [3.63, 3.8) is 0 Å². The molecule has 7 heteroatoms. The SMILES string of the molecule is COc1ccc(OC)c(C(NN)c2cnn(C)c2N)c1. The number of nitrogens with one attached hydrogen (secondary N) is 1. The Hall–Kier alpha value is -2.25. The van der Waals surface area contributed by atoms with Crippen LogP contribution < -0.4 is 26.5 Å². The van der Waals surface area contributed by atoms with Crippen LogP contribution in [0.25, 0.3) is 0 Å². The second-order valence-electron chi connectivity index (χ2n) is 4.32. The predicted octanol–water partition coefficient (Wildman–Crippen LogP) is 0.572. The van der Waals surface area contributed by atoms with Gasteiger partial charge in [-0.1, -0.05) is 0 Å². The summed E-state index contributed by atoms with van der Waals surface area (Å²) in [5, 5.41) is 4.13. The average molecular weight is 277 g/mol. The van der Waals surface area contributed by atoms with E-state index in [-0.39, 0.29) is 6.04 Å². The lowest BCUT2D eigenvalue weighted by Crippen LogP contribution is -2.29. The van der Waals surface area contributed by atoms with Crippen molar-refractivity contribution in [3.05, 3.63) is 35.5 Å².